The van der Waals surface area contributed by atoms with Gasteiger partial charge in [-0.05, 0) is 25.0 Å². The molecule has 18 heavy (non-hydrogen) atoms. The summed E-state index contributed by atoms with van der Waals surface area (Å²) >= 11 is 0. The average molecular weight is 246 g/mol. The summed E-state index contributed by atoms with van der Waals surface area (Å²) in [5.41, 5.74) is 0.821. The lowest BCUT2D eigenvalue weighted by molar-refractivity contribution is -0.118. The number of nitrogens with zero attached hydrogens (tertiary/aromatic N) is 2. The second-order valence-electron chi connectivity index (χ2n) is 3.97. The van der Waals surface area contributed by atoms with Crippen molar-refractivity contribution in [1.29, 1.82) is 5.26 Å². The molecular weight excluding hydrogens is 228 g/mol. The van der Waals surface area contributed by atoms with Gasteiger partial charge in [-0.15, -0.1) is 0 Å². The van der Waals surface area contributed by atoms with Crippen LogP contribution in [0.3, 0.4) is 0 Å². The fourth-order valence-electron chi connectivity index (χ4n) is 1.69. The van der Waals surface area contributed by atoms with Gasteiger partial charge in [-0.3, -0.25) is 4.79 Å². The lowest BCUT2D eigenvalue weighted by Gasteiger charge is -2.21. The van der Waals surface area contributed by atoms with Crippen LogP contribution in [0, 0.1) is 11.3 Å². The maximum absolute atomic E-state index is 12.1. The first-order valence-electron chi connectivity index (χ1n) is 6.13. The summed E-state index contributed by atoms with van der Waals surface area (Å²) in [5, 5.41) is 17.3. The van der Waals surface area contributed by atoms with Gasteiger partial charge in [0.1, 0.15) is 0 Å². The van der Waals surface area contributed by atoms with Crippen molar-refractivity contribution in [2.75, 3.05) is 18.1 Å². The molecule has 1 amide bonds. The number of para-hydroxylation sites is 1. The number of nitriles is 1. The molecule has 4 heteroatoms. The van der Waals surface area contributed by atoms with Crippen molar-refractivity contribution >= 4 is 11.6 Å². The fraction of sp³-hybridized carbons (Fsp3) is 0.429. The first-order valence-corrected chi connectivity index (χ1v) is 6.13. The number of rotatable bonds is 7. The quantitative estimate of drug-likeness (QED) is 0.749. The van der Waals surface area contributed by atoms with Crippen molar-refractivity contribution in [3.63, 3.8) is 0 Å². The largest absolute Gasteiger partial charge is 0.396 e. The third-order valence-corrected chi connectivity index (χ3v) is 2.61. The molecule has 0 saturated heterocycles. The highest BCUT2D eigenvalue weighted by Crippen LogP contribution is 2.15. The SMILES string of the molecule is N#CCCN(C(=O)CCCCO)c1ccccc1. The Balaban J connectivity index is 2.66. The Morgan fingerprint density at radius 2 is 2.00 bits per heavy atom. The molecule has 0 saturated carbocycles. The number of aliphatic hydroxyl groups is 1. The molecule has 1 aromatic rings. The third kappa shape index (κ3) is 4.56. The van der Waals surface area contributed by atoms with E-state index in [4.69, 9.17) is 10.4 Å². The van der Waals surface area contributed by atoms with Gasteiger partial charge >= 0.3 is 0 Å². The van der Waals surface area contributed by atoms with Crippen molar-refractivity contribution in [2.45, 2.75) is 25.7 Å². The van der Waals surface area contributed by atoms with Gasteiger partial charge in [0, 0.05) is 25.3 Å². The molecule has 1 rings (SSSR count). The van der Waals surface area contributed by atoms with E-state index in [-0.39, 0.29) is 12.5 Å². The van der Waals surface area contributed by atoms with E-state index >= 15 is 0 Å². The van der Waals surface area contributed by atoms with Crippen molar-refractivity contribution in [3.8, 4) is 6.07 Å². The molecule has 0 aliphatic rings. The Morgan fingerprint density at radius 3 is 2.61 bits per heavy atom. The Labute approximate surface area is 107 Å². The predicted molar refractivity (Wildman–Crippen MR) is 70.0 cm³/mol. The third-order valence-electron chi connectivity index (χ3n) is 2.61. The van der Waals surface area contributed by atoms with Crippen LogP contribution in [0.25, 0.3) is 0 Å². The highest BCUT2D eigenvalue weighted by molar-refractivity contribution is 5.93. The number of hydrogen-bond donors (Lipinski definition) is 1. The Morgan fingerprint density at radius 1 is 1.28 bits per heavy atom. The number of benzene rings is 1. The molecule has 0 aliphatic carbocycles. The van der Waals surface area contributed by atoms with Gasteiger partial charge in [0.15, 0.2) is 0 Å². The standard InChI is InChI=1S/C14H18N2O2/c15-10-6-11-16(13-7-2-1-3-8-13)14(18)9-4-5-12-17/h1-3,7-8,17H,4-6,9,11-12H2. The first-order chi connectivity index (χ1) is 8.79. The molecule has 96 valence electrons. The van der Waals surface area contributed by atoms with E-state index in [2.05, 4.69) is 6.07 Å². The minimum atomic E-state index is 0.00454. The molecule has 4 nitrogen and oxygen atoms in total. The zero-order valence-corrected chi connectivity index (χ0v) is 10.4. The van der Waals surface area contributed by atoms with E-state index in [1.165, 1.54) is 0 Å². The maximum Gasteiger partial charge on any atom is 0.227 e. The molecule has 1 aromatic carbocycles. The molecule has 1 N–H and O–H groups in total. The summed E-state index contributed by atoms with van der Waals surface area (Å²) in [6, 6.07) is 11.4. The van der Waals surface area contributed by atoms with Gasteiger partial charge in [0.2, 0.25) is 5.91 Å². The number of unbranched alkanes of at least 4 members (excludes halogenated alkanes) is 1. The molecule has 0 aliphatic heterocycles. The maximum atomic E-state index is 12.1. The zero-order valence-electron chi connectivity index (χ0n) is 10.4. The van der Waals surface area contributed by atoms with Crippen LogP contribution in [0.5, 0.6) is 0 Å². The predicted octanol–water partition coefficient (Wildman–Crippen LogP) is 2.10. The summed E-state index contributed by atoms with van der Waals surface area (Å²) in [4.78, 5) is 13.7. The zero-order chi connectivity index (χ0) is 13.2. The number of anilines is 1. The second-order valence-corrected chi connectivity index (χ2v) is 3.97. The van der Waals surface area contributed by atoms with Crippen LogP contribution in [0.2, 0.25) is 0 Å². The van der Waals surface area contributed by atoms with Crippen LogP contribution in [0.1, 0.15) is 25.7 Å². The van der Waals surface area contributed by atoms with Crippen LogP contribution in [0.15, 0.2) is 30.3 Å². The summed E-state index contributed by atoms with van der Waals surface area (Å²) in [6.45, 7) is 0.523. The summed E-state index contributed by atoms with van der Waals surface area (Å²) in [5.74, 6) is 0.00454. The van der Waals surface area contributed by atoms with Crippen molar-refractivity contribution in [3.05, 3.63) is 30.3 Å². The van der Waals surface area contributed by atoms with E-state index in [1.54, 1.807) is 4.90 Å². The monoisotopic (exact) mass is 246 g/mol. The Bertz CT molecular complexity index is 398. The Hall–Kier alpha value is -1.86. The van der Waals surface area contributed by atoms with Gasteiger partial charge in [0.05, 0.1) is 12.5 Å². The van der Waals surface area contributed by atoms with Gasteiger partial charge in [0.25, 0.3) is 0 Å². The van der Waals surface area contributed by atoms with Crippen molar-refractivity contribution in [1.82, 2.24) is 0 Å². The average Bonchev–Trinajstić information content (AvgIpc) is 2.41. The lowest BCUT2D eigenvalue weighted by Crippen LogP contribution is -2.31. The highest BCUT2D eigenvalue weighted by atomic mass is 16.3. The second kappa shape index (κ2) is 8.26. The van der Waals surface area contributed by atoms with Crippen LogP contribution >= 0.6 is 0 Å². The minimum Gasteiger partial charge on any atom is -0.396 e. The molecule has 0 aromatic heterocycles. The van der Waals surface area contributed by atoms with Gasteiger partial charge in [-0.1, -0.05) is 18.2 Å². The Kier molecular flexibility index (Phi) is 6.52. The number of aliphatic hydroxyl groups excluding tert-OH is 1. The normalized spacial score (nSPS) is 9.78. The van der Waals surface area contributed by atoms with Crippen LogP contribution in [-0.2, 0) is 4.79 Å². The van der Waals surface area contributed by atoms with Gasteiger partial charge < -0.3 is 10.0 Å². The van der Waals surface area contributed by atoms with Crippen molar-refractivity contribution in [2.24, 2.45) is 0 Å². The number of hydrogen-bond acceptors (Lipinski definition) is 3. The summed E-state index contributed by atoms with van der Waals surface area (Å²) in [7, 11) is 0. The van der Waals surface area contributed by atoms with Gasteiger partial charge in [-0.2, -0.15) is 5.26 Å². The molecule has 0 bridgehead atoms. The smallest absolute Gasteiger partial charge is 0.227 e. The summed E-state index contributed by atoms with van der Waals surface area (Å²) < 4.78 is 0. The highest BCUT2D eigenvalue weighted by Gasteiger charge is 2.14. The minimum absolute atomic E-state index is 0.00454. The molecule has 0 fully saturated rings. The van der Waals surface area contributed by atoms with E-state index in [0.717, 1.165) is 5.69 Å². The van der Waals surface area contributed by atoms with Crippen LogP contribution < -0.4 is 4.90 Å². The molecule has 0 unspecified atom stereocenters. The number of carbonyl (C=O) groups excluding carboxylic acids is 1. The number of amides is 1. The molecule has 0 atom stereocenters. The molecule has 0 radical (unpaired) electrons. The first kappa shape index (κ1) is 14.2. The topological polar surface area (TPSA) is 64.3 Å². The van der Waals surface area contributed by atoms with Crippen molar-refractivity contribution < 1.29 is 9.90 Å². The van der Waals surface area contributed by atoms with Gasteiger partial charge in [-0.25, -0.2) is 0 Å². The van der Waals surface area contributed by atoms with Crippen LogP contribution in [0.4, 0.5) is 5.69 Å². The molecule has 0 heterocycles. The van der Waals surface area contributed by atoms with Crippen LogP contribution in [-0.4, -0.2) is 24.2 Å². The molecule has 0 spiro atoms. The number of carbonyl (C=O) groups is 1. The van der Waals surface area contributed by atoms with E-state index in [9.17, 15) is 4.79 Å². The van der Waals surface area contributed by atoms with E-state index < -0.39 is 0 Å². The molecular formula is C14H18N2O2. The fourth-order valence-corrected chi connectivity index (χ4v) is 1.69. The van der Waals surface area contributed by atoms with E-state index in [0.29, 0.717) is 32.2 Å². The van der Waals surface area contributed by atoms with E-state index in [1.807, 2.05) is 30.3 Å². The lowest BCUT2D eigenvalue weighted by atomic mass is 10.2. The summed E-state index contributed by atoms with van der Waals surface area (Å²) in [6.07, 6.45) is 2.03.